The maximum Gasteiger partial charge on any atom is 0.319 e. The van der Waals surface area contributed by atoms with Gasteiger partial charge in [0.1, 0.15) is 11.4 Å². The molecule has 3 rings (SSSR count). The van der Waals surface area contributed by atoms with Gasteiger partial charge in [-0.05, 0) is 57.7 Å². The van der Waals surface area contributed by atoms with E-state index in [0.717, 1.165) is 0 Å². The average Bonchev–Trinajstić information content (AvgIpc) is 2.55. The number of ether oxygens (including phenoxy) is 1. The SMILES string of the molecule is CC1(C)CC(=O)c2cc(NC(=O)NC3CCC(C(=O)O)CC3)ccc2O1. The number of carbonyl (C=O) groups is 3. The van der Waals surface area contributed by atoms with Crippen molar-refractivity contribution in [2.45, 2.75) is 57.6 Å². The fourth-order valence-corrected chi connectivity index (χ4v) is 3.57. The number of hydrogen-bond acceptors (Lipinski definition) is 4. The molecular formula is C19H24N2O5. The van der Waals surface area contributed by atoms with Crippen LogP contribution < -0.4 is 15.4 Å². The van der Waals surface area contributed by atoms with Crippen molar-refractivity contribution in [2.75, 3.05) is 5.32 Å². The van der Waals surface area contributed by atoms with E-state index < -0.39 is 11.6 Å². The summed E-state index contributed by atoms with van der Waals surface area (Å²) in [7, 11) is 0. The Labute approximate surface area is 152 Å². The van der Waals surface area contributed by atoms with Crippen LogP contribution in [-0.4, -0.2) is 34.5 Å². The first-order chi connectivity index (χ1) is 12.2. The second kappa shape index (κ2) is 6.97. The monoisotopic (exact) mass is 360 g/mol. The number of benzene rings is 1. The Morgan fingerprint density at radius 1 is 1.19 bits per heavy atom. The van der Waals surface area contributed by atoms with E-state index in [9.17, 15) is 14.4 Å². The lowest BCUT2D eigenvalue weighted by atomic mass is 9.86. The number of ketones is 1. The highest BCUT2D eigenvalue weighted by Gasteiger charge is 2.32. The number of rotatable bonds is 3. The second-order valence-corrected chi connectivity index (χ2v) is 7.66. The topological polar surface area (TPSA) is 105 Å². The number of aliphatic carboxylic acids is 1. The smallest absolute Gasteiger partial charge is 0.319 e. The van der Waals surface area contributed by atoms with Crippen molar-refractivity contribution in [3.05, 3.63) is 23.8 Å². The molecule has 0 unspecified atom stereocenters. The zero-order valence-electron chi connectivity index (χ0n) is 15.0. The Bertz CT molecular complexity index is 735. The quantitative estimate of drug-likeness (QED) is 0.768. The molecule has 1 heterocycles. The third kappa shape index (κ3) is 4.15. The number of carboxylic acids is 1. The number of carbonyl (C=O) groups excluding carboxylic acids is 2. The summed E-state index contributed by atoms with van der Waals surface area (Å²) < 4.78 is 5.80. The molecule has 0 bridgehead atoms. The molecule has 3 N–H and O–H groups in total. The lowest BCUT2D eigenvalue weighted by Gasteiger charge is -2.31. The van der Waals surface area contributed by atoms with Gasteiger partial charge in [-0.2, -0.15) is 0 Å². The van der Waals surface area contributed by atoms with Crippen molar-refractivity contribution < 1.29 is 24.2 Å². The van der Waals surface area contributed by atoms with E-state index in [-0.39, 0.29) is 23.8 Å². The molecule has 140 valence electrons. The van der Waals surface area contributed by atoms with Gasteiger partial charge in [-0.25, -0.2) is 4.79 Å². The van der Waals surface area contributed by atoms with Gasteiger partial charge in [-0.3, -0.25) is 9.59 Å². The summed E-state index contributed by atoms with van der Waals surface area (Å²) in [5.74, 6) is -0.555. The predicted molar refractivity (Wildman–Crippen MR) is 95.6 cm³/mol. The van der Waals surface area contributed by atoms with Gasteiger partial charge in [0.05, 0.1) is 17.9 Å². The van der Waals surface area contributed by atoms with Crippen molar-refractivity contribution in [1.29, 1.82) is 0 Å². The van der Waals surface area contributed by atoms with E-state index in [1.807, 2.05) is 13.8 Å². The molecule has 0 saturated heterocycles. The Hall–Kier alpha value is -2.57. The molecule has 7 nitrogen and oxygen atoms in total. The van der Waals surface area contributed by atoms with Crippen LogP contribution in [0.1, 0.15) is 56.3 Å². The minimum atomic E-state index is -0.767. The van der Waals surface area contributed by atoms with E-state index in [0.29, 0.717) is 49.1 Å². The van der Waals surface area contributed by atoms with Crippen molar-refractivity contribution in [3.8, 4) is 5.75 Å². The number of nitrogens with one attached hydrogen (secondary N) is 2. The van der Waals surface area contributed by atoms with Gasteiger partial charge in [0.25, 0.3) is 0 Å². The lowest BCUT2D eigenvalue weighted by Crippen LogP contribution is -2.41. The van der Waals surface area contributed by atoms with Crippen LogP contribution in [0.5, 0.6) is 5.75 Å². The van der Waals surface area contributed by atoms with Crippen LogP contribution in [0.15, 0.2) is 18.2 Å². The van der Waals surface area contributed by atoms with Gasteiger partial charge < -0.3 is 20.5 Å². The summed E-state index contributed by atoms with van der Waals surface area (Å²) in [5, 5.41) is 14.6. The van der Waals surface area contributed by atoms with Gasteiger partial charge in [-0.1, -0.05) is 0 Å². The van der Waals surface area contributed by atoms with Gasteiger partial charge in [0.15, 0.2) is 5.78 Å². The summed E-state index contributed by atoms with van der Waals surface area (Å²) in [5.41, 5.74) is 0.479. The van der Waals surface area contributed by atoms with Gasteiger partial charge in [0, 0.05) is 11.7 Å². The molecule has 1 aliphatic heterocycles. The van der Waals surface area contributed by atoms with Crippen LogP contribution in [0, 0.1) is 5.92 Å². The maximum absolute atomic E-state index is 12.3. The van der Waals surface area contributed by atoms with E-state index >= 15 is 0 Å². The largest absolute Gasteiger partial charge is 0.487 e. The second-order valence-electron chi connectivity index (χ2n) is 7.66. The predicted octanol–water partition coefficient (Wildman–Crippen LogP) is 3.20. The first-order valence-corrected chi connectivity index (χ1v) is 8.90. The summed E-state index contributed by atoms with van der Waals surface area (Å²) in [6.07, 6.45) is 2.73. The molecule has 0 atom stereocenters. The normalized spacial score (nSPS) is 24.2. The standard InChI is InChI=1S/C19H24N2O5/c1-19(2)10-15(22)14-9-13(7-8-16(14)26-19)21-18(25)20-12-5-3-11(4-6-12)17(23)24/h7-9,11-12H,3-6,10H2,1-2H3,(H,23,24)(H2,20,21,25). The highest BCUT2D eigenvalue weighted by atomic mass is 16.5. The fourth-order valence-electron chi connectivity index (χ4n) is 3.57. The first kappa shape index (κ1) is 18.2. The van der Waals surface area contributed by atoms with Crippen molar-refractivity contribution in [1.82, 2.24) is 5.32 Å². The highest BCUT2D eigenvalue weighted by Crippen LogP contribution is 2.34. The zero-order valence-corrected chi connectivity index (χ0v) is 15.0. The van der Waals surface area contributed by atoms with Gasteiger partial charge >= 0.3 is 12.0 Å². The average molecular weight is 360 g/mol. The molecule has 1 aromatic rings. The number of urea groups is 1. The number of fused-ring (bicyclic) bond motifs is 1. The third-order valence-corrected chi connectivity index (χ3v) is 4.92. The number of carboxylic acid groups (broad SMARTS) is 1. The van der Waals surface area contributed by atoms with Gasteiger partial charge in [-0.15, -0.1) is 0 Å². The van der Waals surface area contributed by atoms with E-state index in [4.69, 9.17) is 9.84 Å². The number of anilines is 1. The molecule has 2 amide bonds. The fraction of sp³-hybridized carbons (Fsp3) is 0.526. The van der Waals surface area contributed by atoms with E-state index in [1.165, 1.54) is 0 Å². The Kier molecular flexibility index (Phi) is 4.89. The third-order valence-electron chi connectivity index (χ3n) is 4.92. The molecule has 0 spiro atoms. The van der Waals surface area contributed by atoms with Crippen LogP contribution in [0.25, 0.3) is 0 Å². The zero-order chi connectivity index (χ0) is 18.9. The molecule has 7 heteroatoms. The number of amides is 2. The Balaban J connectivity index is 1.58. The molecule has 1 saturated carbocycles. The Morgan fingerprint density at radius 3 is 2.54 bits per heavy atom. The molecule has 2 aliphatic rings. The van der Waals surface area contributed by atoms with Gasteiger partial charge in [0.2, 0.25) is 0 Å². The van der Waals surface area contributed by atoms with Crippen LogP contribution in [0.4, 0.5) is 10.5 Å². The molecule has 1 fully saturated rings. The minimum Gasteiger partial charge on any atom is -0.487 e. The van der Waals surface area contributed by atoms with Crippen molar-refractivity contribution in [2.24, 2.45) is 5.92 Å². The summed E-state index contributed by atoms with van der Waals surface area (Å²) in [4.78, 5) is 35.5. The molecule has 26 heavy (non-hydrogen) atoms. The van der Waals surface area contributed by atoms with E-state index in [1.54, 1.807) is 18.2 Å². The van der Waals surface area contributed by atoms with Crippen molar-refractivity contribution >= 4 is 23.5 Å². The molecule has 0 radical (unpaired) electrons. The van der Waals surface area contributed by atoms with Crippen LogP contribution in [0.2, 0.25) is 0 Å². The molecular weight excluding hydrogens is 336 g/mol. The van der Waals surface area contributed by atoms with Crippen LogP contribution >= 0.6 is 0 Å². The first-order valence-electron chi connectivity index (χ1n) is 8.90. The molecule has 1 aliphatic carbocycles. The van der Waals surface area contributed by atoms with Crippen LogP contribution in [-0.2, 0) is 4.79 Å². The summed E-state index contributed by atoms with van der Waals surface area (Å²) in [6, 6.07) is 4.64. The summed E-state index contributed by atoms with van der Waals surface area (Å²) >= 11 is 0. The Morgan fingerprint density at radius 2 is 1.88 bits per heavy atom. The number of Topliss-reactive ketones (excluding diaryl/α,β-unsaturated/α-hetero) is 1. The summed E-state index contributed by atoms with van der Waals surface area (Å²) in [6.45, 7) is 3.74. The highest BCUT2D eigenvalue weighted by molar-refractivity contribution is 6.02. The van der Waals surface area contributed by atoms with Crippen LogP contribution in [0.3, 0.4) is 0 Å². The number of hydrogen-bond donors (Lipinski definition) is 3. The van der Waals surface area contributed by atoms with Crippen molar-refractivity contribution in [3.63, 3.8) is 0 Å². The minimum absolute atomic E-state index is 0.00713. The maximum atomic E-state index is 12.3. The molecule has 0 aromatic heterocycles. The molecule has 1 aromatic carbocycles. The lowest BCUT2D eigenvalue weighted by molar-refractivity contribution is -0.142. The van der Waals surface area contributed by atoms with E-state index in [2.05, 4.69) is 10.6 Å².